The maximum absolute atomic E-state index is 12.6. The highest BCUT2D eigenvalue weighted by Crippen LogP contribution is 2.26. The third-order valence-electron chi connectivity index (χ3n) is 4.69. The number of nitrogens with zero attached hydrogens (tertiary/aromatic N) is 1. The number of hydrogen-bond donors (Lipinski definition) is 1. The Hall–Kier alpha value is -2.53. The summed E-state index contributed by atoms with van der Waals surface area (Å²) in [4.78, 5) is 27.0. The van der Waals surface area contributed by atoms with Crippen LogP contribution >= 0.6 is 11.6 Å². The molecule has 1 fully saturated rings. The summed E-state index contributed by atoms with van der Waals surface area (Å²) in [7, 11) is 0. The Labute approximate surface area is 164 Å². The first-order valence-corrected chi connectivity index (χ1v) is 9.54. The quantitative estimate of drug-likeness (QED) is 0.836. The lowest BCUT2D eigenvalue weighted by molar-refractivity contribution is -0.121. The second-order valence-electron chi connectivity index (χ2n) is 6.49. The first-order chi connectivity index (χ1) is 13.1. The Kier molecular flexibility index (Phi) is 6.35. The van der Waals surface area contributed by atoms with Gasteiger partial charge in [0.25, 0.3) is 5.91 Å². The van der Waals surface area contributed by atoms with Crippen LogP contribution in [0.5, 0.6) is 5.75 Å². The number of anilines is 1. The standard InChI is InChI=1S/C21H23ClN2O3/c1-2-27-19-6-4-3-5-18(19)23-20(25)15-11-13-24(14-12-15)21(26)16-7-9-17(22)10-8-16/h3-10,15H,2,11-14H2,1H3,(H,23,25). The predicted octanol–water partition coefficient (Wildman–Crippen LogP) is 4.23. The van der Waals surface area contributed by atoms with Crippen molar-refractivity contribution in [2.75, 3.05) is 25.0 Å². The first-order valence-electron chi connectivity index (χ1n) is 9.16. The summed E-state index contributed by atoms with van der Waals surface area (Å²) in [6.45, 7) is 3.57. The molecule has 0 spiro atoms. The van der Waals surface area contributed by atoms with Crippen LogP contribution < -0.4 is 10.1 Å². The molecule has 1 heterocycles. The lowest BCUT2D eigenvalue weighted by Crippen LogP contribution is -2.41. The monoisotopic (exact) mass is 386 g/mol. The molecule has 3 rings (SSSR count). The molecule has 1 saturated heterocycles. The van der Waals surface area contributed by atoms with Gasteiger partial charge in [-0.3, -0.25) is 9.59 Å². The fraction of sp³-hybridized carbons (Fsp3) is 0.333. The predicted molar refractivity (Wildman–Crippen MR) is 106 cm³/mol. The molecule has 2 amide bonds. The molecule has 0 aliphatic carbocycles. The number of piperidine rings is 1. The van der Waals surface area contributed by atoms with Crippen LogP contribution in [0, 0.1) is 5.92 Å². The van der Waals surface area contributed by atoms with E-state index in [-0.39, 0.29) is 17.7 Å². The first kappa shape index (κ1) is 19.2. The van der Waals surface area contributed by atoms with E-state index in [9.17, 15) is 9.59 Å². The Balaban J connectivity index is 1.56. The highest BCUT2D eigenvalue weighted by molar-refractivity contribution is 6.30. The lowest BCUT2D eigenvalue weighted by Gasteiger charge is -2.31. The number of benzene rings is 2. The molecule has 6 heteroatoms. The third-order valence-corrected chi connectivity index (χ3v) is 4.94. The van der Waals surface area contributed by atoms with Crippen LogP contribution in [0.25, 0.3) is 0 Å². The van der Waals surface area contributed by atoms with Crippen molar-refractivity contribution in [2.24, 2.45) is 5.92 Å². The Morgan fingerprint density at radius 2 is 1.78 bits per heavy atom. The number of amides is 2. The van der Waals surface area contributed by atoms with Crippen LogP contribution in [0.1, 0.15) is 30.1 Å². The maximum Gasteiger partial charge on any atom is 0.253 e. The average molecular weight is 387 g/mol. The van der Waals surface area contributed by atoms with Gasteiger partial charge in [0.1, 0.15) is 5.75 Å². The van der Waals surface area contributed by atoms with Crippen LogP contribution in [0.15, 0.2) is 48.5 Å². The van der Waals surface area contributed by atoms with Crippen LogP contribution in [0.2, 0.25) is 5.02 Å². The summed E-state index contributed by atoms with van der Waals surface area (Å²) >= 11 is 5.88. The number of hydrogen-bond acceptors (Lipinski definition) is 3. The summed E-state index contributed by atoms with van der Waals surface area (Å²) in [5.74, 6) is 0.505. The van der Waals surface area contributed by atoms with Gasteiger partial charge in [-0.05, 0) is 56.2 Å². The Morgan fingerprint density at radius 3 is 2.44 bits per heavy atom. The molecule has 1 aliphatic heterocycles. The molecule has 0 saturated carbocycles. The summed E-state index contributed by atoms with van der Waals surface area (Å²) in [5.41, 5.74) is 1.30. The van der Waals surface area contributed by atoms with E-state index >= 15 is 0 Å². The van der Waals surface area contributed by atoms with E-state index in [1.165, 1.54) is 0 Å². The van der Waals surface area contributed by atoms with Gasteiger partial charge in [-0.25, -0.2) is 0 Å². The fourth-order valence-corrected chi connectivity index (χ4v) is 3.33. The van der Waals surface area contributed by atoms with Crippen molar-refractivity contribution in [3.8, 4) is 5.75 Å². The zero-order valence-corrected chi connectivity index (χ0v) is 16.0. The maximum atomic E-state index is 12.6. The molecule has 0 radical (unpaired) electrons. The SMILES string of the molecule is CCOc1ccccc1NC(=O)C1CCN(C(=O)c2ccc(Cl)cc2)CC1. The summed E-state index contributed by atoms with van der Waals surface area (Å²) in [5, 5.41) is 3.57. The number of halogens is 1. The van der Waals surface area contributed by atoms with Gasteiger partial charge in [0.2, 0.25) is 5.91 Å². The van der Waals surface area contributed by atoms with Gasteiger partial charge in [0.05, 0.1) is 12.3 Å². The largest absolute Gasteiger partial charge is 0.492 e. The minimum atomic E-state index is -0.117. The van der Waals surface area contributed by atoms with Crippen molar-refractivity contribution in [1.29, 1.82) is 0 Å². The van der Waals surface area contributed by atoms with Crippen molar-refractivity contribution in [3.05, 3.63) is 59.1 Å². The van der Waals surface area contributed by atoms with Crippen LogP contribution in [0.3, 0.4) is 0 Å². The number of para-hydroxylation sites is 2. The number of carbonyl (C=O) groups is 2. The number of ether oxygens (including phenoxy) is 1. The molecule has 1 N–H and O–H groups in total. The smallest absolute Gasteiger partial charge is 0.253 e. The number of nitrogens with one attached hydrogen (secondary N) is 1. The van der Waals surface area contributed by atoms with Crippen molar-refractivity contribution in [3.63, 3.8) is 0 Å². The van der Waals surface area contributed by atoms with Crippen LogP contribution in [-0.2, 0) is 4.79 Å². The molecule has 5 nitrogen and oxygen atoms in total. The zero-order valence-electron chi connectivity index (χ0n) is 15.3. The van der Waals surface area contributed by atoms with E-state index in [4.69, 9.17) is 16.3 Å². The molecule has 1 aliphatic rings. The number of carbonyl (C=O) groups excluding carboxylic acids is 2. The molecule has 2 aromatic carbocycles. The van der Waals surface area contributed by atoms with E-state index in [0.29, 0.717) is 54.6 Å². The van der Waals surface area contributed by atoms with Crippen molar-refractivity contribution in [1.82, 2.24) is 4.90 Å². The van der Waals surface area contributed by atoms with Gasteiger partial charge in [-0.2, -0.15) is 0 Å². The van der Waals surface area contributed by atoms with E-state index in [0.717, 1.165) is 0 Å². The van der Waals surface area contributed by atoms with Gasteiger partial charge in [-0.15, -0.1) is 0 Å². The molecule has 27 heavy (non-hydrogen) atoms. The second-order valence-corrected chi connectivity index (χ2v) is 6.93. The molecule has 2 aromatic rings. The molecule has 142 valence electrons. The molecular weight excluding hydrogens is 364 g/mol. The lowest BCUT2D eigenvalue weighted by atomic mass is 9.95. The minimum Gasteiger partial charge on any atom is -0.492 e. The summed E-state index contributed by atoms with van der Waals surface area (Å²) < 4.78 is 5.55. The van der Waals surface area contributed by atoms with Crippen molar-refractivity contribution >= 4 is 29.1 Å². The van der Waals surface area contributed by atoms with Gasteiger partial charge in [0.15, 0.2) is 0 Å². The topological polar surface area (TPSA) is 58.6 Å². The normalized spacial score (nSPS) is 14.7. The van der Waals surface area contributed by atoms with Crippen molar-refractivity contribution < 1.29 is 14.3 Å². The minimum absolute atomic E-state index is 0.0211. The van der Waals surface area contributed by atoms with E-state index in [1.807, 2.05) is 31.2 Å². The van der Waals surface area contributed by atoms with Crippen LogP contribution in [0.4, 0.5) is 5.69 Å². The molecular formula is C21H23ClN2O3. The number of rotatable bonds is 5. The average Bonchev–Trinajstić information content (AvgIpc) is 2.70. The second kappa shape index (κ2) is 8.91. The fourth-order valence-electron chi connectivity index (χ4n) is 3.21. The highest BCUT2D eigenvalue weighted by Gasteiger charge is 2.28. The molecule has 0 atom stereocenters. The van der Waals surface area contributed by atoms with Crippen molar-refractivity contribution in [2.45, 2.75) is 19.8 Å². The van der Waals surface area contributed by atoms with E-state index in [2.05, 4.69) is 5.32 Å². The highest BCUT2D eigenvalue weighted by atomic mass is 35.5. The van der Waals surface area contributed by atoms with Gasteiger partial charge < -0.3 is 15.0 Å². The van der Waals surface area contributed by atoms with E-state index in [1.54, 1.807) is 29.2 Å². The molecule has 0 unspecified atom stereocenters. The summed E-state index contributed by atoms with van der Waals surface area (Å²) in [6, 6.07) is 14.3. The van der Waals surface area contributed by atoms with Gasteiger partial charge in [0, 0.05) is 29.6 Å². The van der Waals surface area contributed by atoms with Gasteiger partial charge in [-0.1, -0.05) is 23.7 Å². The molecule has 0 bridgehead atoms. The third kappa shape index (κ3) is 4.80. The van der Waals surface area contributed by atoms with Gasteiger partial charge >= 0.3 is 0 Å². The Bertz CT molecular complexity index is 799. The molecule has 0 aromatic heterocycles. The summed E-state index contributed by atoms with van der Waals surface area (Å²) in [6.07, 6.45) is 1.28. The number of likely N-dealkylation sites (tertiary alicyclic amines) is 1. The zero-order chi connectivity index (χ0) is 19.2. The van der Waals surface area contributed by atoms with E-state index < -0.39 is 0 Å². The Morgan fingerprint density at radius 1 is 1.11 bits per heavy atom. The van der Waals surface area contributed by atoms with Crippen LogP contribution in [-0.4, -0.2) is 36.4 Å².